The molecular weight excluding hydrogens is 775 g/mol. The number of hydrogen-bond acceptors (Lipinski definition) is 11. The van der Waals surface area contributed by atoms with Crippen LogP contribution >= 0.6 is 0 Å². The number of carbonyl (C=O) groups excluding carboxylic acids is 4. The van der Waals surface area contributed by atoms with Gasteiger partial charge < -0.3 is 28.8 Å². The molecule has 0 aromatic heterocycles. The van der Waals surface area contributed by atoms with Crippen LogP contribution in [0.3, 0.4) is 0 Å². The van der Waals surface area contributed by atoms with Crippen LogP contribution in [0.25, 0.3) is 0 Å². The van der Waals surface area contributed by atoms with Crippen molar-refractivity contribution in [2.75, 3.05) is 65.9 Å². The summed E-state index contributed by atoms with van der Waals surface area (Å²) < 4.78 is 27.7. The Morgan fingerprint density at radius 1 is 0.393 bits per heavy atom. The summed E-state index contributed by atoms with van der Waals surface area (Å²) in [5, 5.41) is 9.07. The normalized spacial score (nSPS) is 12.4. The van der Waals surface area contributed by atoms with Crippen LogP contribution in [-0.2, 0) is 42.9 Å². The van der Waals surface area contributed by atoms with Gasteiger partial charge in [-0.15, -0.1) is 0 Å². The molecule has 0 heterocycles. The molecule has 11 heteroatoms. The molecule has 0 amide bonds. The van der Waals surface area contributed by atoms with Crippen LogP contribution in [0, 0.1) is 11.8 Å². The Bertz CT molecular complexity index is 939. The summed E-state index contributed by atoms with van der Waals surface area (Å²) >= 11 is 0. The summed E-state index contributed by atoms with van der Waals surface area (Å²) in [6.07, 6.45) is 30.2. The van der Waals surface area contributed by atoms with E-state index in [1.165, 1.54) is 89.9 Å². The smallest absolute Gasteiger partial charge is 0.308 e. The minimum absolute atomic E-state index is 0.0231. The fraction of sp³-hybridized carbons (Fsp3) is 0.920. The monoisotopic (exact) mass is 870 g/mol. The molecule has 0 aliphatic heterocycles. The molecule has 360 valence electrons. The lowest BCUT2D eigenvalue weighted by Crippen LogP contribution is -2.33. The Labute approximate surface area is 373 Å². The molecule has 0 fully saturated rings. The van der Waals surface area contributed by atoms with Gasteiger partial charge in [0.1, 0.15) is 0 Å². The first-order valence-electron chi connectivity index (χ1n) is 25.4. The first-order valence-corrected chi connectivity index (χ1v) is 25.4. The molecule has 11 nitrogen and oxygen atoms in total. The number of aliphatic hydroxyl groups excluding tert-OH is 1. The molecule has 0 rings (SSSR count). The molecule has 1 N–H and O–H groups in total. The molecule has 0 aromatic carbocycles. The van der Waals surface area contributed by atoms with Crippen LogP contribution in [-0.4, -0.2) is 99.8 Å². The van der Waals surface area contributed by atoms with E-state index in [1.54, 1.807) is 0 Å². The van der Waals surface area contributed by atoms with Gasteiger partial charge in [-0.1, -0.05) is 156 Å². The van der Waals surface area contributed by atoms with Crippen molar-refractivity contribution in [1.82, 2.24) is 4.90 Å². The second-order valence-corrected chi connectivity index (χ2v) is 17.1. The molecular formula is C50H95NO10. The van der Waals surface area contributed by atoms with Gasteiger partial charge in [-0.05, 0) is 51.4 Å². The van der Waals surface area contributed by atoms with Gasteiger partial charge in [0.05, 0.1) is 70.9 Å². The van der Waals surface area contributed by atoms with E-state index in [2.05, 4.69) is 27.7 Å². The van der Waals surface area contributed by atoms with E-state index in [0.717, 1.165) is 64.2 Å². The SMILES string of the molecule is CCCCCCCCC(CCCCCC)C(=O)OCCCCOC(=O)CCN(CCOCCO)CCC(=O)OCCCCOC(=O)C(CCCCCC)CCCCCCCC. The third-order valence-corrected chi connectivity index (χ3v) is 11.4. The van der Waals surface area contributed by atoms with Gasteiger partial charge in [-0.25, -0.2) is 0 Å². The Hall–Kier alpha value is -2.24. The predicted octanol–water partition coefficient (Wildman–Crippen LogP) is 11.5. The number of nitrogens with zero attached hydrogens (tertiary/aromatic N) is 1. The van der Waals surface area contributed by atoms with Crippen LogP contribution in [0.15, 0.2) is 0 Å². The Balaban J connectivity index is 4.49. The lowest BCUT2D eigenvalue weighted by atomic mass is 9.94. The average Bonchev–Trinajstić information content (AvgIpc) is 3.26. The van der Waals surface area contributed by atoms with Crippen LogP contribution in [0.4, 0.5) is 0 Å². The molecule has 0 saturated heterocycles. The van der Waals surface area contributed by atoms with Crippen molar-refractivity contribution in [3.05, 3.63) is 0 Å². The topological polar surface area (TPSA) is 138 Å². The van der Waals surface area contributed by atoms with Crippen LogP contribution in [0.2, 0.25) is 0 Å². The second-order valence-electron chi connectivity index (χ2n) is 17.1. The quantitative estimate of drug-likeness (QED) is 0.0355. The zero-order valence-electron chi connectivity index (χ0n) is 40.0. The zero-order chi connectivity index (χ0) is 44.9. The first kappa shape index (κ1) is 58.8. The Morgan fingerprint density at radius 2 is 0.721 bits per heavy atom. The maximum atomic E-state index is 12.9. The molecule has 0 spiro atoms. The highest BCUT2D eigenvalue weighted by Gasteiger charge is 2.21. The van der Waals surface area contributed by atoms with Gasteiger partial charge in [0.25, 0.3) is 0 Å². The Kier molecular flexibility index (Phi) is 44.1. The maximum Gasteiger partial charge on any atom is 0.308 e. The summed E-state index contributed by atoms with van der Waals surface area (Å²) in [7, 11) is 0. The summed E-state index contributed by atoms with van der Waals surface area (Å²) in [6.45, 7) is 11.8. The summed E-state index contributed by atoms with van der Waals surface area (Å²) in [5.74, 6) is -0.852. The van der Waals surface area contributed by atoms with Crippen LogP contribution < -0.4 is 0 Å². The third kappa shape index (κ3) is 39.1. The molecule has 2 unspecified atom stereocenters. The first-order chi connectivity index (χ1) is 29.8. The van der Waals surface area contributed by atoms with E-state index in [0.29, 0.717) is 65.1 Å². The molecule has 0 bridgehead atoms. The number of unbranched alkanes of at least 4 members (excludes halogenated alkanes) is 18. The van der Waals surface area contributed by atoms with Crippen molar-refractivity contribution in [2.45, 2.75) is 220 Å². The highest BCUT2D eigenvalue weighted by atomic mass is 16.5. The van der Waals surface area contributed by atoms with Crippen molar-refractivity contribution in [3.63, 3.8) is 0 Å². The van der Waals surface area contributed by atoms with Gasteiger partial charge in [0.15, 0.2) is 0 Å². The minimum Gasteiger partial charge on any atom is -0.466 e. The van der Waals surface area contributed by atoms with Gasteiger partial charge in [0.2, 0.25) is 0 Å². The molecule has 2 atom stereocenters. The van der Waals surface area contributed by atoms with E-state index < -0.39 is 0 Å². The minimum atomic E-state index is -0.321. The molecule has 0 saturated carbocycles. The molecule has 0 radical (unpaired) electrons. The van der Waals surface area contributed by atoms with Crippen molar-refractivity contribution in [1.29, 1.82) is 0 Å². The predicted molar refractivity (Wildman–Crippen MR) is 246 cm³/mol. The molecule has 0 aromatic rings. The average molecular weight is 870 g/mol. The summed E-state index contributed by atoms with van der Waals surface area (Å²) in [6, 6.07) is 0. The van der Waals surface area contributed by atoms with Crippen molar-refractivity contribution in [3.8, 4) is 0 Å². The fourth-order valence-corrected chi connectivity index (χ4v) is 7.44. The van der Waals surface area contributed by atoms with E-state index in [9.17, 15) is 19.2 Å². The van der Waals surface area contributed by atoms with Crippen molar-refractivity contribution in [2.24, 2.45) is 11.8 Å². The Morgan fingerprint density at radius 3 is 1.08 bits per heavy atom. The molecule has 0 aliphatic rings. The fourth-order valence-electron chi connectivity index (χ4n) is 7.44. The summed E-state index contributed by atoms with van der Waals surface area (Å²) in [5.41, 5.74) is 0. The lowest BCUT2D eigenvalue weighted by molar-refractivity contribution is -0.150. The highest BCUT2D eigenvalue weighted by molar-refractivity contribution is 5.73. The zero-order valence-corrected chi connectivity index (χ0v) is 40.0. The lowest BCUT2D eigenvalue weighted by Gasteiger charge is -2.21. The third-order valence-electron chi connectivity index (χ3n) is 11.4. The van der Waals surface area contributed by atoms with Gasteiger partial charge in [0, 0.05) is 19.6 Å². The number of rotatable bonds is 47. The van der Waals surface area contributed by atoms with E-state index in [1.807, 2.05) is 4.90 Å². The maximum absolute atomic E-state index is 12.9. The van der Waals surface area contributed by atoms with E-state index in [-0.39, 0.29) is 75.0 Å². The van der Waals surface area contributed by atoms with Crippen LogP contribution in [0.1, 0.15) is 220 Å². The number of ether oxygens (including phenoxy) is 5. The van der Waals surface area contributed by atoms with Gasteiger partial charge in [-0.3, -0.25) is 24.1 Å². The molecule has 0 aliphatic carbocycles. The van der Waals surface area contributed by atoms with E-state index in [4.69, 9.17) is 28.8 Å². The van der Waals surface area contributed by atoms with E-state index >= 15 is 0 Å². The number of aliphatic hydroxyl groups is 1. The summed E-state index contributed by atoms with van der Waals surface area (Å²) in [4.78, 5) is 52.9. The van der Waals surface area contributed by atoms with Crippen molar-refractivity contribution >= 4 is 23.9 Å². The highest BCUT2D eigenvalue weighted by Crippen LogP contribution is 2.22. The number of carbonyl (C=O) groups is 4. The largest absolute Gasteiger partial charge is 0.466 e. The number of hydrogen-bond donors (Lipinski definition) is 1. The van der Waals surface area contributed by atoms with Gasteiger partial charge in [-0.2, -0.15) is 0 Å². The second kappa shape index (κ2) is 45.8. The standard InChI is InChI=1S/C50H95NO10/c1-5-9-13-17-19-23-31-45(29-21-15-11-7-3)49(55)60-41-27-25-39-58-47(53)33-35-51(37-43-57-44-38-52)36-34-48(54)59-40-26-28-42-61-50(56)46(30-22-16-12-8-4)32-24-20-18-14-10-6-2/h45-46,52H,5-44H2,1-4H3. The number of esters is 4. The van der Waals surface area contributed by atoms with Crippen molar-refractivity contribution < 1.29 is 48.0 Å². The van der Waals surface area contributed by atoms with Gasteiger partial charge >= 0.3 is 23.9 Å². The van der Waals surface area contributed by atoms with Crippen LogP contribution in [0.5, 0.6) is 0 Å². The molecule has 61 heavy (non-hydrogen) atoms.